The standard InChI is InChI=1S/C29H39ClN4O5/c1-17(2)34(27(37)22(15-16-23(31)35)32-28(38)39-29(5,6)7)25(20-13-11-18(3)12-14-20)26(36)33-24-19(4)9-8-10-21(24)30/h8-14,17,22,25H,15-16H2,1-7H3,(H2,31,35)(H,32,38)(H,33,36). The van der Waals surface area contributed by atoms with Crippen molar-refractivity contribution < 1.29 is 23.9 Å². The molecule has 4 amide bonds. The topological polar surface area (TPSA) is 131 Å². The van der Waals surface area contributed by atoms with Crippen molar-refractivity contribution in [2.75, 3.05) is 5.32 Å². The van der Waals surface area contributed by atoms with Gasteiger partial charge in [-0.05, 0) is 72.1 Å². The molecular weight excluding hydrogens is 520 g/mol. The van der Waals surface area contributed by atoms with Crippen LogP contribution in [-0.4, -0.2) is 46.4 Å². The maximum absolute atomic E-state index is 14.1. The Morgan fingerprint density at radius 1 is 1.03 bits per heavy atom. The van der Waals surface area contributed by atoms with E-state index in [9.17, 15) is 19.2 Å². The number of anilines is 1. The largest absolute Gasteiger partial charge is 0.444 e. The van der Waals surface area contributed by atoms with E-state index < -0.39 is 47.5 Å². The van der Waals surface area contributed by atoms with Crippen LogP contribution in [0.5, 0.6) is 0 Å². The Morgan fingerprint density at radius 2 is 1.64 bits per heavy atom. The van der Waals surface area contributed by atoms with Crippen molar-refractivity contribution in [3.8, 4) is 0 Å². The van der Waals surface area contributed by atoms with Crippen LogP contribution >= 0.6 is 11.6 Å². The number of nitrogens with zero attached hydrogens (tertiary/aromatic N) is 1. The molecule has 2 atom stereocenters. The van der Waals surface area contributed by atoms with Gasteiger partial charge in [0.15, 0.2) is 0 Å². The molecule has 2 rings (SSSR count). The molecule has 0 aliphatic rings. The third kappa shape index (κ3) is 9.28. The Morgan fingerprint density at radius 3 is 2.15 bits per heavy atom. The third-order valence-corrected chi connectivity index (χ3v) is 6.18. The summed E-state index contributed by atoms with van der Waals surface area (Å²) in [4.78, 5) is 53.6. The van der Waals surface area contributed by atoms with Gasteiger partial charge in [0.1, 0.15) is 17.7 Å². The van der Waals surface area contributed by atoms with Gasteiger partial charge < -0.3 is 26.0 Å². The summed E-state index contributed by atoms with van der Waals surface area (Å²) in [7, 11) is 0. The fourth-order valence-corrected chi connectivity index (χ4v) is 4.29. The number of nitrogens with one attached hydrogen (secondary N) is 2. The number of benzene rings is 2. The van der Waals surface area contributed by atoms with Gasteiger partial charge in [0.25, 0.3) is 5.91 Å². The van der Waals surface area contributed by atoms with Crippen LogP contribution in [0.15, 0.2) is 42.5 Å². The summed E-state index contributed by atoms with van der Waals surface area (Å²) in [6.07, 6.45) is -1.04. The molecule has 0 radical (unpaired) electrons. The molecule has 0 saturated heterocycles. The Labute approximate surface area is 235 Å². The van der Waals surface area contributed by atoms with Gasteiger partial charge in [-0.15, -0.1) is 0 Å². The number of aryl methyl sites for hydroxylation is 2. The summed E-state index contributed by atoms with van der Waals surface area (Å²) in [5, 5.41) is 5.83. The summed E-state index contributed by atoms with van der Waals surface area (Å²) in [6.45, 7) is 12.4. The van der Waals surface area contributed by atoms with E-state index >= 15 is 0 Å². The van der Waals surface area contributed by atoms with Gasteiger partial charge >= 0.3 is 6.09 Å². The Kier molecular flexibility index (Phi) is 10.9. The number of nitrogens with two attached hydrogens (primary N) is 1. The Balaban J connectivity index is 2.55. The van der Waals surface area contributed by atoms with E-state index in [1.165, 1.54) is 4.90 Å². The van der Waals surface area contributed by atoms with Gasteiger partial charge in [-0.3, -0.25) is 14.4 Å². The summed E-state index contributed by atoms with van der Waals surface area (Å²) < 4.78 is 5.35. The van der Waals surface area contributed by atoms with Crippen LogP contribution < -0.4 is 16.4 Å². The fourth-order valence-electron chi connectivity index (χ4n) is 4.02. The normalized spacial score (nSPS) is 12.8. The van der Waals surface area contributed by atoms with Gasteiger partial charge in [-0.25, -0.2) is 4.79 Å². The molecule has 212 valence electrons. The van der Waals surface area contributed by atoms with Crippen molar-refractivity contribution in [3.05, 3.63) is 64.2 Å². The molecule has 0 fully saturated rings. The first-order valence-corrected chi connectivity index (χ1v) is 13.2. The average Bonchev–Trinajstić information content (AvgIpc) is 2.81. The molecule has 2 aromatic rings. The first-order valence-electron chi connectivity index (χ1n) is 12.8. The number of hydrogen-bond donors (Lipinski definition) is 3. The Hall–Kier alpha value is -3.59. The van der Waals surface area contributed by atoms with E-state index in [1.807, 2.05) is 32.0 Å². The van der Waals surface area contributed by atoms with Gasteiger partial charge in [0, 0.05) is 12.5 Å². The zero-order chi connectivity index (χ0) is 29.5. The Bertz CT molecular complexity index is 1170. The van der Waals surface area contributed by atoms with Gasteiger partial charge in [-0.1, -0.05) is 53.6 Å². The second-order valence-electron chi connectivity index (χ2n) is 10.8. The van der Waals surface area contributed by atoms with Crippen LogP contribution in [0.2, 0.25) is 5.02 Å². The highest BCUT2D eigenvalue weighted by molar-refractivity contribution is 6.34. The molecule has 2 aromatic carbocycles. The quantitative estimate of drug-likeness (QED) is 0.376. The maximum Gasteiger partial charge on any atom is 0.408 e. The predicted octanol–water partition coefficient (Wildman–Crippen LogP) is 5.03. The fraction of sp³-hybridized carbons (Fsp3) is 0.448. The lowest BCUT2D eigenvalue weighted by Gasteiger charge is -2.37. The van der Waals surface area contributed by atoms with Crippen molar-refractivity contribution in [3.63, 3.8) is 0 Å². The van der Waals surface area contributed by atoms with Crippen LogP contribution in [0.3, 0.4) is 0 Å². The zero-order valence-corrected chi connectivity index (χ0v) is 24.4. The molecule has 0 aliphatic carbocycles. The number of ether oxygens (including phenoxy) is 1. The summed E-state index contributed by atoms with van der Waals surface area (Å²) in [5.41, 5.74) is 7.28. The number of primary amides is 1. The minimum atomic E-state index is -1.17. The first kappa shape index (κ1) is 31.6. The van der Waals surface area contributed by atoms with Crippen LogP contribution in [0.4, 0.5) is 10.5 Å². The van der Waals surface area contributed by atoms with Crippen LogP contribution in [-0.2, 0) is 19.1 Å². The van der Waals surface area contributed by atoms with E-state index in [4.69, 9.17) is 22.1 Å². The lowest BCUT2D eigenvalue weighted by Crippen LogP contribution is -2.54. The zero-order valence-electron chi connectivity index (χ0n) is 23.6. The van der Waals surface area contributed by atoms with Crippen molar-refractivity contribution in [2.24, 2.45) is 5.73 Å². The summed E-state index contributed by atoms with van der Waals surface area (Å²) in [5.74, 6) is -1.67. The highest BCUT2D eigenvalue weighted by Crippen LogP contribution is 2.30. The summed E-state index contributed by atoms with van der Waals surface area (Å²) >= 11 is 6.38. The predicted molar refractivity (Wildman–Crippen MR) is 152 cm³/mol. The highest BCUT2D eigenvalue weighted by atomic mass is 35.5. The second kappa shape index (κ2) is 13.5. The molecular formula is C29H39ClN4O5. The number of carbonyl (C=O) groups excluding carboxylic acids is 4. The van der Waals surface area contributed by atoms with E-state index in [1.54, 1.807) is 58.9 Å². The third-order valence-electron chi connectivity index (χ3n) is 5.87. The van der Waals surface area contributed by atoms with Crippen molar-refractivity contribution in [1.82, 2.24) is 10.2 Å². The lowest BCUT2D eigenvalue weighted by atomic mass is 9.99. The minimum Gasteiger partial charge on any atom is -0.444 e. The molecule has 9 nitrogen and oxygen atoms in total. The second-order valence-corrected chi connectivity index (χ2v) is 11.2. The molecule has 0 saturated carbocycles. The van der Waals surface area contributed by atoms with Gasteiger partial charge in [0.05, 0.1) is 10.7 Å². The number of para-hydroxylation sites is 1. The number of halogens is 1. The number of alkyl carbamates (subject to hydrolysis) is 1. The molecule has 0 heterocycles. The van der Waals surface area contributed by atoms with E-state index in [0.717, 1.165) is 11.1 Å². The molecule has 0 bridgehead atoms. The molecule has 10 heteroatoms. The van der Waals surface area contributed by atoms with Crippen LogP contribution in [0, 0.1) is 13.8 Å². The van der Waals surface area contributed by atoms with Gasteiger partial charge in [-0.2, -0.15) is 0 Å². The van der Waals surface area contributed by atoms with Crippen molar-refractivity contribution in [2.45, 2.75) is 85.0 Å². The smallest absolute Gasteiger partial charge is 0.408 e. The molecule has 0 spiro atoms. The number of rotatable bonds is 10. The van der Waals surface area contributed by atoms with Crippen molar-refractivity contribution >= 4 is 41.1 Å². The molecule has 4 N–H and O–H groups in total. The molecule has 39 heavy (non-hydrogen) atoms. The molecule has 0 aliphatic heterocycles. The molecule has 0 aromatic heterocycles. The minimum absolute atomic E-state index is 0.0670. The average molecular weight is 559 g/mol. The SMILES string of the molecule is Cc1ccc(C(C(=O)Nc2c(C)cccc2Cl)N(C(=O)C(CCC(N)=O)NC(=O)OC(C)(C)C)C(C)C)cc1. The number of carbonyl (C=O) groups is 4. The monoisotopic (exact) mass is 558 g/mol. The van der Waals surface area contributed by atoms with E-state index in [-0.39, 0.29) is 12.8 Å². The maximum atomic E-state index is 14.1. The van der Waals surface area contributed by atoms with Gasteiger partial charge in [0.2, 0.25) is 11.8 Å². The highest BCUT2D eigenvalue weighted by Gasteiger charge is 2.38. The molecule has 2 unspecified atom stereocenters. The number of hydrogen-bond acceptors (Lipinski definition) is 5. The number of amides is 4. The first-order chi connectivity index (χ1) is 18.1. The lowest BCUT2D eigenvalue weighted by molar-refractivity contribution is -0.143. The van der Waals surface area contributed by atoms with Crippen molar-refractivity contribution in [1.29, 1.82) is 0 Å². The van der Waals surface area contributed by atoms with E-state index in [0.29, 0.717) is 16.3 Å². The van der Waals surface area contributed by atoms with Crippen LogP contribution in [0.1, 0.15) is 70.2 Å². The van der Waals surface area contributed by atoms with E-state index in [2.05, 4.69) is 10.6 Å². The van der Waals surface area contributed by atoms with Crippen LogP contribution in [0.25, 0.3) is 0 Å². The summed E-state index contributed by atoms with van der Waals surface area (Å²) in [6, 6.07) is 9.80.